The van der Waals surface area contributed by atoms with Gasteiger partial charge in [0.25, 0.3) is 0 Å². The zero-order valence-corrected chi connectivity index (χ0v) is 11.2. The van der Waals surface area contributed by atoms with Crippen LogP contribution in [-0.4, -0.2) is 7.05 Å². The Balaban J connectivity index is 2.34. The molecule has 0 aliphatic rings. The highest BCUT2D eigenvalue weighted by Crippen LogP contribution is 2.33. The van der Waals surface area contributed by atoms with Crippen molar-refractivity contribution >= 4 is 11.3 Å². The number of halogens is 2. The van der Waals surface area contributed by atoms with Crippen LogP contribution in [0.5, 0.6) is 0 Å². The first-order valence-corrected chi connectivity index (χ1v) is 6.69. The normalized spacial score (nSPS) is 12.7. The standard InChI is InChI=1S/C14H15F2NS/c1-3-12(17-2)14-5-4-13(18-14)9-6-10(15)8-11(16)7-9/h4-8,12,17H,3H2,1-2H3. The molecule has 0 spiro atoms. The Morgan fingerprint density at radius 2 is 1.83 bits per heavy atom. The van der Waals surface area contributed by atoms with Crippen LogP contribution in [0.3, 0.4) is 0 Å². The first-order chi connectivity index (χ1) is 8.63. The average Bonchev–Trinajstić information content (AvgIpc) is 2.79. The van der Waals surface area contributed by atoms with E-state index in [9.17, 15) is 8.78 Å². The summed E-state index contributed by atoms with van der Waals surface area (Å²) >= 11 is 1.56. The van der Waals surface area contributed by atoms with Crippen LogP contribution in [0.15, 0.2) is 30.3 Å². The first kappa shape index (κ1) is 13.2. The van der Waals surface area contributed by atoms with Crippen LogP contribution < -0.4 is 5.32 Å². The SMILES string of the molecule is CCC(NC)c1ccc(-c2cc(F)cc(F)c2)s1. The van der Waals surface area contributed by atoms with Crippen LogP contribution in [0.2, 0.25) is 0 Å². The van der Waals surface area contributed by atoms with E-state index in [1.165, 1.54) is 17.0 Å². The van der Waals surface area contributed by atoms with Crippen LogP contribution in [-0.2, 0) is 0 Å². The number of hydrogen-bond donors (Lipinski definition) is 1. The van der Waals surface area contributed by atoms with Crippen LogP contribution >= 0.6 is 11.3 Å². The monoisotopic (exact) mass is 267 g/mol. The summed E-state index contributed by atoms with van der Waals surface area (Å²) in [6, 6.07) is 7.82. The maximum absolute atomic E-state index is 13.2. The molecule has 1 unspecified atom stereocenters. The average molecular weight is 267 g/mol. The summed E-state index contributed by atoms with van der Waals surface area (Å²) in [5, 5.41) is 3.22. The van der Waals surface area contributed by atoms with Gasteiger partial charge in [-0.15, -0.1) is 11.3 Å². The minimum atomic E-state index is -0.541. The van der Waals surface area contributed by atoms with E-state index in [0.717, 1.165) is 17.4 Å². The van der Waals surface area contributed by atoms with Crippen LogP contribution in [0.1, 0.15) is 24.3 Å². The highest BCUT2D eigenvalue weighted by atomic mass is 32.1. The number of benzene rings is 1. The lowest BCUT2D eigenvalue weighted by Crippen LogP contribution is -2.13. The largest absolute Gasteiger partial charge is 0.312 e. The molecule has 0 bridgehead atoms. The van der Waals surface area contributed by atoms with Gasteiger partial charge < -0.3 is 5.32 Å². The fourth-order valence-electron chi connectivity index (χ4n) is 1.94. The van der Waals surface area contributed by atoms with Gasteiger partial charge in [0, 0.05) is 21.9 Å². The van der Waals surface area contributed by atoms with Crippen LogP contribution in [0.4, 0.5) is 8.78 Å². The Hall–Kier alpha value is -1.26. The molecule has 1 atom stereocenters. The van der Waals surface area contributed by atoms with Crippen molar-refractivity contribution in [3.63, 3.8) is 0 Å². The Bertz CT molecular complexity index is 512. The van der Waals surface area contributed by atoms with E-state index in [2.05, 4.69) is 12.2 Å². The second-order valence-corrected chi connectivity index (χ2v) is 5.23. The summed E-state index contributed by atoms with van der Waals surface area (Å²) in [6.07, 6.45) is 0.980. The van der Waals surface area contributed by atoms with Crippen molar-refractivity contribution < 1.29 is 8.78 Å². The molecule has 0 aliphatic carbocycles. The summed E-state index contributed by atoms with van der Waals surface area (Å²) in [4.78, 5) is 2.07. The van der Waals surface area contributed by atoms with Crippen molar-refractivity contribution in [1.29, 1.82) is 0 Å². The third-order valence-corrected chi connectivity index (χ3v) is 4.12. The van der Waals surface area contributed by atoms with Crippen molar-refractivity contribution in [2.75, 3.05) is 7.05 Å². The predicted octanol–water partition coefficient (Wildman–Crippen LogP) is 4.36. The molecule has 1 aromatic heterocycles. The molecule has 0 aliphatic heterocycles. The fourth-order valence-corrected chi connectivity index (χ4v) is 3.13. The van der Waals surface area contributed by atoms with Crippen molar-refractivity contribution in [3.8, 4) is 10.4 Å². The lowest BCUT2D eigenvalue weighted by molar-refractivity contribution is 0.584. The Morgan fingerprint density at radius 3 is 2.39 bits per heavy atom. The van der Waals surface area contributed by atoms with E-state index in [0.29, 0.717) is 11.6 Å². The van der Waals surface area contributed by atoms with Gasteiger partial charge in [0.1, 0.15) is 11.6 Å². The third kappa shape index (κ3) is 2.76. The fraction of sp³-hybridized carbons (Fsp3) is 0.286. The maximum Gasteiger partial charge on any atom is 0.126 e. The minimum Gasteiger partial charge on any atom is -0.312 e. The molecule has 1 nitrogen and oxygen atoms in total. The molecule has 2 rings (SSSR count). The topological polar surface area (TPSA) is 12.0 Å². The molecular formula is C14H15F2NS. The van der Waals surface area contributed by atoms with Crippen molar-refractivity contribution in [3.05, 3.63) is 46.8 Å². The summed E-state index contributed by atoms with van der Waals surface area (Å²) in [6.45, 7) is 2.10. The number of hydrogen-bond acceptors (Lipinski definition) is 2. The Morgan fingerprint density at radius 1 is 1.17 bits per heavy atom. The molecule has 1 aromatic carbocycles. The van der Waals surface area contributed by atoms with Gasteiger partial charge in [-0.3, -0.25) is 0 Å². The van der Waals surface area contributed by atoms with Gasteiger partial charge in [-0.1, -0.05) is 6.92 Å². The lowest BCUT2D eigenvalue weighted by Gasteiger charge is -2.10. The van der Waals surface area contributed by atoms with Gasteiger partial charge in [-0.05, 0) is 43.3 Å². The van der Waals surface area contributed by atoms with Gasteiger partial charge in [-0.25, -0.2) is 8.78 Å². The molecule has 0 radical (unpaired) electrons. The van der Waals surface area contributed by atoms with Gasteiger partial charge in [-0.2, -0.15) is 0 Å². The minimum absolute atomic E-state index is 0.294. The van der Waals surface area contributed by atoms with Gasteiger partial charge in [0.2, 0.25) is 0 Å². The van der Waals surface area contributed by atoms with E-state index in [1.54, 1.807) is 11.3 Å². The highest BCUT2D eigenvalue weighted by molar-refractivity contribution is 7.15. The molecule has 2 aromatic rings. The lowest BCUT2D eigenvalue weighted by atomic mass is 10.1. The van der Waals surface area contributed by atoms with E-state index in [1.807, 2.05) is 19.2 Å². The molecule has 0 saturated heterocycles. The number of rotatable bonds is 4. The number of nitrogens with one attached hydrogen (secondary N) is 1. The number of thiophene rings is 1. The molecule has 0 amide bonds. The third-order valence-electron chi connectivity index (χ3n) is 2.87. The second-order valence-electron chi connectivity index (χ2n) is 4.11. The van der Waals surface area contributed by atoms with Crippen molar-refractivity contribution in [2.24, 2.45) is 0 Å². The summed E-state index contributed by atoms with van der Waals surface area (Å²) < 4.78 is 26.3. The van der Waals surface area contributed by atoms with E-state index in [-0.39, 0.29) is 0 Å². The highest BCUT2D eigenvalue weighted by Gasteiger charge is 2.11. The second kappa shape index (κ2) is 5.59. The van der Waals surface area contributed by atoms with Crippen LogP contribution in [0.25, 0.3) is 10.4 Å². The summed E-state index contributed by atoms with van der Waals surface area (Å²) in [5.41, 5.74) is 0.592. The Labute approximate surface area is 109 Å². The van der Waals surface area contributed by atoms with Gasteiger partial charge in [0.15, 0.2) is 0 Å². The first-order valence-electron chi connectivity index (χ1n) is 5.87. The smallest absolute Gasteiger partial charge is 0.126 e. The summed E-state index contributed by atoms with van der Waals surface area (Å²) in [5.74, 6) is -1.08. The zero-order valence-electron chi connectivity index (χ0n) is 10.3. The predicted molar refractivity (Wildman–Crippen MR) is 71.8 cm³/mol. The van der Waals surface area contributed by atoms with Gasteiger partial charge >= 0.3 is 0 Å². The molecule has 1 heterocycles. The molecule has 4 heteroatoms. The Kier molecular flexibility index (Phi) is 4.09. The molecule has 1 N–H and O–H groups in total. The van der Waals surface area contributed by atoms with Crippen molar-refractivity contribution in [2.45, 2.75) is 19.4 Å². The van der Waals surface area contributed by atoms with Gasteiger partial charge in [0.05, 0.1) is 0 Å². The molecule has 0 saturated carbocycles. The molecule has 0 fully saturated rings. The zero-order chi connectivity index (χ0) is 13.1. The van der Waals surface area contributed by atoms with E-state index >= 15 is 0 Å². The quantitative estimate of drug-likeness (QED) is 0.867. The van der Waals surface area contributed by atoms with Crippen molar-refractivity contribution in [1.82, 2.24) is 5.32 Å². The van der Waals surface area contributed by atoms with E-state index < -0.39 is 11.6 Å². The molecular weight excluding hydrogens is 252 g/mol. The molecule has 96 valence electrons. The van der Waals surface area contributed by atoms with E-state index in [4.69, 9.17) is 0 Å². The van der Waals surface area contributed by atoms with Crippen LogP contribution in [0, 0.1) is 11.6 Å². The molecule has 18 heavy (non-hydrogen) atoms. The maximum atomic E-state index is 13.2. The summed E-state index contributed by atoms with van der Waals surface area (Å²) in [7, 11) is 1.91.